The summed E-state index contributed by atoms with van der Waals surface area (Å²) in [6.07, 6.45) is 2.20. The minimum atomic E-state index is -0.799. The Morgan fingerprint density at radius 1 is 1.12 bits per heavy atom. The number of benzene rings is 2. The van der Waals surface area contributed by atoms with Gasteiger partial charge in [0.25, 0.3) is 0 Å². The molecule has 0 aliphatic heterocycles. The molecule has 1 heterocycles. The van der Waals surface area contributed by atoms with Crippen molar-refractivity contribution in [2.75, 3.05) is 0 Å². The number of rotatable bonds is 4. The minimum absolute atomic E-state index is 0.350. The summed E-state index contributed by atoms with van der Waals surface area (Å²) in [5.41, 5.74) is 2.93. The number of aliphatic hydroxyl groups excluding tert-OH is 1. The topological polar surface area (TPSA) is 45.5 Å². The number of aliphatic hydroxyl groups is 1. The van der Waals surface area contributed by atoms with Crippen LogP contribution in [0.2, 0.25) is 10.2 Å². The molecular weight excluding hydrogens is 343 g/mol. The van der Waals surface area contributed by atoms with E-state index in [1.807, 2.05) is 36.4 Å². The van der Waals surface area contributed by atoms with Crippen LogP contribution < -0.4 is 0 Å². The summed E-state index contributed by atoms with van der Waals surface area (Å²) in [6.45, 7) is 3.35. The van der Waals surface area contributed by atoms with Crippen LogP contribution in [0.15, 0.2) is 65.8 Å². The standard InChI is InChI=1S/C19H14Cl2N2O/c1-22-10-9-16(24)13-7-8-15-14(11-13)18(20)17(19(21)23-15)12-5-3-2-4-6-12/h2-11,16,24H,1H2/b10-9+. The van der Waals surface area contributed by atoms with E-state index in [2.05, 4.69) is 16.7 Å². The van der Waals surface area contributed by atoms with Crippen molar-refractivity contribution in [3.8, 4) is 11.1 Å². The van der Waals surface area contributed by atoms with Crippen molar-refractivity contribution >= 4 is 40.8 Å². The molecule has 5 heteroatoms. The van der Waals surface area contributed by atoms with Crippen LogP contribution in [0.25, 0.3) is 22.0 Å². The predicted octanol–water partition coefficient (Wildman–Crippen LogP) is 5.46. The fourth-order valence-corrected chi connectivity index (χ4v) is 3.19. The molecule has 1 N–H and O–H groups in total. The third kappa shape index (κ3) is 3.20. The molecule has 3 aromatic rings. The zero-order chi connectivity index (χ0) is 17.1. The molecule has 1 aromatic heterocycles. The van der Waals surface area contributed by atoms with Gasteiger partial charge in [-0.2, -0.15) is 0 Å². The van der Waals surface area contributed by atoms with Gasteiger partial charge in [0.05, 0.1) is 16.6 Å². The first-order chi connectivity index (χ1) is 11.6. The summed E-state index contributed by atoms with van der Waals surface area (Å²) in [5.74, 6) is 0. The number of halogens is 2. The second-order valence-corrected chi connectivity index (χ2v) is 5.94. The maximum atomic E-state index is 10.2. The lowest BCUT2D eigenvalue weighted by Crippen LogP contribution is -1.95. The highest BCUT2D eigenvalue weighted by Crippen LogP contribution is 2.39. The average molecular weight is 357 g/mol. The van der Waals surface area contributed by atoms with Crippen LogP contribution in [0.4, 0.5) is 0 Å². The van der Waals surface area contributed by atoms with Crippen LogP contribution >= 0.6 is 23.2 Å². The Hall–Kier alpha value is -2.20. The number of aliphatic imine (C=N–C) groups is 1. The van der Waals surface area contributed by atoms with Gasteiger partial charge in [0.2, 0.25) is 0 Å². The van der Waals surface area contributed by atoms with Crippen LogP contribution in [0, 0.1) is 0 Å². The molecule has 3 rings (SSSR count). The zero-order valence-electron chi connectivity index (χ0n) is 12.7. The lowest BCUT2D eigenvalue weighted by atomic mass is 10.0. The molecule has 1 unspecified atom stereocenters. The fraction of sp³-hybridized carbons (Fsp3) is 0.0526. The Labute approximate surface area is 149 Å². The van der Waals surface area contributed by atoms with Gasteiger partial charge in [-0.1, -0.05) is 59.6 Å². The van der Waals surface area contributed by atoms with Crippen molar-refractivity contribution in [1.29, 1.82) is 0 Å². The number of pyridine rings is 1. The molecule has 1 atom stereocenters. The van der Waals surface area contributed by atoms with Crippen molar-refractivity contribution in [3.05, 3.63) is 76.5 Å². The first-order valence-electron chi connectivity index (χ1n) is 7.26. The van der Waals surface area contributed by atoms with Crippen molar-refractivity contribution < 1.29 is 5.11 Å². The van der Waals surface area contributed by atoms with E-state index in [9.17, 15) is 5.11 Å². The molecular formula is C19H14Cl2N2O. The van der Waals surface area contributed by atoms with Gasteiger partial charge in [0.1, 0.15) is 5.15 Å². The van der Waals surface area contributed by atoms with E-state index < -0.39 is 6.10 Å². The van der Waals surface area contributed by atoms with Gasteiger partial charge in [-0.25, -0.2) is 4.98 Å². The Morgan fingerprint density at radius 2 is 1.88 bits per heavy atom. The lowest BCUT2D eigenvalue weighted by molar-refractivity contribution is 0.228. The summed E-state index contributed by atoms with van der Waals surface area (Å²) >= 11 is 12.9. The van der Waals surface area contributed by atoms with Gasteiger partial charge >= 0.3 is 0 Å². The van der Waals surface area contributed by atoms with Crippen molar-refractivity contribution in [1.82, 2.24) is 4.98 Å². The predicted molar refractivity (Wildman–Crippen MR) is 101 cm³/mol. The zero-order valence-corrected chi connectivity index (χ0v) is 14.2. The van der Waals surface area contributed by atoms with E-state index in [4.69, 9.17) is 23.2 Å². The monoisotopic (exact) mass is 356 g/mol. The summed E-state index contributed by atoms with van der Waals surface area (Å²) in [7, 11) is 0. The van der Waals surface area contributed by atoms with Gasteiger partial charge in [-0.3, -0.25) is 4.99 Å². The Morgan fingerprint density at radius 3 is 2.58 bits per heavy atom. The molecule has 2 aromatic carbocycles. The second-order valence-electron chi connectivity index (χ2n) is 5.20. The van der Waals surface area contributed by atoms with Gasteiger partial charge in [-0.15, -0.1) is 0 Å². The van der Waals surface area contributed by atoms with E-state index in [0.29, 0.717) is 26.8 Å². The van der Waals surface area contributed by atoms with E-state index >= 15 is 0 Å². The van der Waals surface area contributed by atoms with Crippen molar-refractivity contribution in [2.24, 2.45) is 4.99 Å². The molecule has 120 valence electrons. The van der Waals surface area contributed by atoms with Crippen molar-refractivity contribution in [2.45, 2.75) is 6.10 Å². The third-order valence-corrected chi connectivity index (χ3v) is 4.35. The SMILES string of the molecule is C=N/C=C/C(O)c1ccc2nc(Cl)c(-c3ccccc3)c(Cl)c2c1. The molecule has 0 bridgehead atoms. The van der Waals surface area contributed by atoms with Crippen LogP contribution in [-0.2, 0) is 0 Å². The summed E-state index contributed by atoms with van der Waals surface area (Å²) in [5, 5.41) is 11.8. The Bertz CT molecular complexity index is 924. The highest BCUT2D eigenvalue weighted by atomic mass is 35.5. The maximum Gasteiger partial charge on any atom is 0.139 e. The van der Waals surface area contributed by atoms with Gasteiger partial charge in [-0.05, 0) is 36.1 Å². The fourth-order valence-electron chi connectivity index (χ4n) is 2.50. The van der Waals surface area contributed by atoms with Gasteiger partial charge in [0, 0.05) is 17.1 Å². The molecule has 0 radical (unpaired) electrons. The van der Waals surface area contributed by atoms with Crippen LogP contribution in [0.5, 0.6) is 0 Å². The molecule has 0 fully saturated rings. The van der Waals surface area contributed by atoms with E-state index in [-0.39, 0.29) is 0 Å². The van der Waals surface area contributed by atoms with E-state index in [1.165, 1.54) is 6.20 Å². The quantitative estimate of drug-likeness (QED) is 0.498. The highest BCUT2D eigenvalue weighted by molar-refractivity contribution is 6.42. The smallest absolute Gasteiger partial charge is 0.139 e. The third-order valence-electron chi connectivity index (χ3n) is 3.68. The number of fused-ring (bicyclic) bond motifs is 1. The lowest BCUT2D eigenvalue weighted by Gasteiger charge is -2.12. The molecule has 24 heavy (non-hydrogen) atoms. The van der Waals surface area contributed by atoms with E-state index in [0.717, 1.165) is 10.9 Å². The van der Waals surface area contributed by atoms with Crippen LogP contribution in [-0.4, -0.2) is 16.8 Å². The normalized spacial score (nSPS) is 12.6. The molecule has 0 aliphatic rings. The van der Waals surface area contributed by atoms with Crippen LogP contribution in [0.1, 0.15) is 11.7 Å². The maximum absolute atomic E-state index is 10.2. The average Bonchev–Trinajstić information content (AvgIpc) is 2.60. The number of nitrogens with zero attached hydrogens (tertiary/aromatic N) is 2. The molecule has 0 saturated carbocycles. The molecule has 0 amide bonds. The largest absolute Gasteiger partial charge is 0.384 e. The second kappa shape index (κ2) is 7.14. The number of hydrogen-bond acceptors (Lipinski definition) is 3. The van der Waals surface area contributed by atoms with Gasteiger partial charge < -0.3 is 5.11 Å². The minimum Gasteiger partial charge on any atom is -0.384 e. The highest BCUT2D eigenvalue weighted by Gasteiger charge is 2.15. The molecule has 0 aliphatic carbocycles. The Kier molecular flexibility index (Phi) is 4.95. The van der Waals surface area contributed by atoms with Crippen LogP contribution in [0.3, 0.4) is 0 Å². The molecule has 0 spiro atoms. The first-order valence-corrected chi connectivity index (χ1v) is 8.02. The summed E-state index contributed by atoms with van der Waals surface area (Å²) in [6, 6.07) is 15.0. The number of aromatic nitrogens is 1. The van der Waals surface area contributed by atoms with E-state index in [1.54, 1.807) is 18.2 Å². The first kappa shape index (κ1) is 16.7. The summed E-state index contributed by atoms with van der Waals surface area (Å²) < 4.78 is 0. The summed E-state index contributed by atoms with van der Waals surface area (Å²) in [4.78, 5) is 8.03. The molecule has 3 nitrogen and oxygen atoms in total. The molecule has 0 saturated heterocycles. The number of hydrogen-bond donors (Lipinski definition) is 1. The van der Waals surface area contributed by atoms with Crippen molar-refractivity contribution in [3.63, 3.8) is 0 Å². The van der Waals surface area contributed by atoms with Gasteiger partial charge in [0.15, 0.2) is 0 Å². The Balaban J connectivity index is 2.19.